The van der Waals surface area contributed by atoms with E-state index in [9.17, 15) is 4.39 Å². The van der Waals surface area contributed by atoms with Crippen LogP contribution in [0.2, 0.25) is 0 Å². The van der Waals surface area contributed by atoms with Crippen LogP contribution in [0.15, 0.2) is 42.5 Å². The summed E-state index contributed by atoms with van der Waals surface area (Å²) in [6, 6.07) is 12.4. The van der Waals surface area contributed by atoms with Crippen LogP contribution in [0.3, 0.4) is 0 Å². The quantitative estimate of drug-likeness (QED) is 0.590. The molecule has 6 heteroatoms. The van der Waals surface area contributed by atoms with Crippen LogP contribution in [-0.4, -0.2) is 46.5 Å². The van der Waals surface area contributed by atoms with E-state index in [-0.39, 0.29) is 5.82 Å². The van der Waals surface area contributed by atoms with Gasteiger partial charge in [0, 0.05) is 6.42 Å². The molecule has 3 rings (SSSR count). The van der Waals surface area contributed by atoms with Crippen molar-refractivity contribution in [2.45, 2.75) is 19.6 Å². The van der Waals surface area contributed by atoms with E-state index >= 15 is 0 Å². The van der Waals surface area contributed by atoms with Crippen molar-refractivity contribution in [1.29, 1.82) is 0 Å². The molecule has 0 bridgehead atoms. The number of nitrogens with one attached hydrogen (secondary N) is 1. The normalized spacial score (nSPS) is 14.8. The first-order valence-electron chi connectivity index (χ1n) is 10.0. The fourth-order valence-corrected chi connectivity index (χ4v) is 3.45. The predicted molar refractivity (Wildman–Crippen MR) is 105 cm³/mol. The topological polar surface area (TPSA) is 48.7 Å². The molecule has 0 spiro atoms. The third kappa shape index (κ3) is 6.19. The number of halogens is 1. The third-order valence-corrected chi connectivity index (χ3v) is 5.08. The molecule has 2 aromatic carbocycles. The number of hydrogen-bond donors (Lipinski definition) is 2. The molecule has 1 heterocycles. The van der Waals surface area contributed by atoms with Crippen molar-refractivity contribution in [2.24, 2.45) is 0 Å². The number of ether oxygens (including phenoxy) is 3. The number of morpholine rings is 1. The van der Waals surface area contributed by atoms with Crippen LogP contribution in [0.1, 0.15) is 17.5 Å². The fraction of sp³-hybridized carbons (Fsp3) is 0.455. The maximum atomic E-state index is 13.1. The Morgan fingerprint density at radius 3 is 2.64 bits per heavy atom. The zero-order valence-corrected chi connectivity index (χ0v) is 16.6. The summed E-state index contributed by atoms with van der Waals surface area (Å²) < 4.78 is 30.0. The second-order valence-electron chi connectivity index (χ2n) is 7.11. The van der Waals surface area contributed by atoms with Gasteiger partial charge in [-0.15, -0.1) is 0 Å². The molecule has 3 N–H and O–H groups in total. The highest BCUT2D eigenvalue weighted by atomic mass is 19.1. The third-order valence-electron chi connectivity index (χ3n) is 5.08. The molecule has 0 saturated carbocycles. The molecule has 28 heavy (non-hydrogen) atoms. The number of benzene rings is 2. The zero-order valence-electron chi connectivity index (χ0n) is 16.6. The summed E-state index contributed by atoms with van der Waals surface area (Å²) in [4.78, 5) is 1.64. The maximum absolute atomic E-state index is 13.1. The number of hydrogen-bond acceptors (Lipinski definition) is 3. The molecule has 0 radical (unpaired) electrons. The van der Waals surface area contributed by atoms with E-state index in [0.29, 0.717) is 6.61 Å². The van der Waals surface area contributed by atoms with Crippen molar-refractivity contribution in [3.05, 3.63) is 59.4 Å². The Balaban J connectivity index is 1.50. The van der Waals surface area contributed by atoms with Gasteiger partial charge in [0.15, 0.2) is 11.5 Å². The van der Waals surface area contributed by atoms with E-state index in [4.69, 9.17) is 14.2 Å². The highest BCUT2D eigenvalue weighted by molar-refractivity contribution is 5.46. The molecular formula is C22H31FN2O3+2. The average Bonchev–Trinajstić information content (AvgIpc) is 2.74. The minimum atomic E-state index is -0.241. The lowest BCUT2D eigenvalue weighted by Crippen LogP contribution is -3.14. The molecular weight excluding hydrogens is 359 g/mol. The molecule has 1 fully saturated rings. The van der Waals surface area contributed by atoms with Crippen LogP contribution in [-0.2, 0) is 17.9 Å². The van der Waals surface area contributed by atoms with Crippen LogP contribution in [0.25, 0.3) is 0 Å². The second-order valence-corrected chi connectivity index (χ2v) is 7.11. The standard InChI is InChI=1S/C22H29FN2O3/c1-26-21-5-2-4-19(16-24-10-3-11-25-12-14-27-15-13-25)22(21)28-17-18-6-8-20(23)9-7-18/h2,4-9,24H,3,10-17H2,1H3/p+2. The lowest BCUT2D eigenvalue weighted by molar-refractivity contribution is -0.909. The minimum absolute atomic E-state index is 0.241. The largest absolute Gasteiger partial charge is 0.493 e. The monoisotopic (exact) mass is 390 g/mol. The van der Waals surface area contributed by atoms with Gasteiger partial charge in [0.05, 0.1) is 39.0 Å². The second kappa shape index (κ2) is 11.0. The van der Waals surface area contributed by atoms with Crippen LogP contribution in [0, 0.1) is 5.82 Å². The Labute approximate surface area is 166 Å². The van der Waals surface area contributed by atoms with E-state index in [0.717, 1.165) is 62.0 Å². The summed E-state index contributed by atoms with van der Waals surface area (Å²) in [5.74, 6) is 1.25. The van der Waals surface area contributed by atoms with Crippen molar-refractivity contribution < 1.29 is 28.8 Å². The molecule has 0 atom stereocenters. The minimum Gasteiger partial charge on any atom is -0.493 e. The SMILES string of the molecule is COc1cccc(C[NH2+]CCC[NH+]2CCOCC2)c1OCc1ccc(F)cc1. The molecule has 0 amide bonds. The predicted octanol–water partition coefficient (Wildman–Crippen LogP) is 0.782. The lowest BCUT2D eigenvalue weighted by Gasteiger charge is -2.23. The van der Waals surface area contributed by atoms with Crippen LogP contribution in [0.5, 0.6) is 11.5 Å². The van der Waals surface area contributed by atoms with Gasteiger partial charge in [0.25, 0.3) is 0 Å². The Morgan fingerprint density at radius 2 is 1.89 bits per heavy atom. The van der Waals surface area contributed by atoms with Crippen LogP contribution in [0.4, 0.5) is 4.39 Å². The van der Waals surface area contributed by atoms with E-state index in [1.165, 1.54) is 25.1 Å². The fourth-order valence-electron chi connectivity index (χ4n) is 3.45. The Bertz CT molecular complexity index is 718. The number of nitrogens with two attached hydrogens (primary N) is 1. The van der Waals surface area contributed by atoms with Gasteiger partial charge in [-0.2, -0.15) is 0 Å². The van der Waals surface area contributed by atoms with Crippen molar-refractivity contribution in [3.8, 4) is 11.5 Å². The van der Waals surface area contributed by atoms with Gasteiger partial charge >= 0.3 is 0 Å². The van der Waals surface area contributed by atoms with Gasteiger partial charge in [0.1, 0.15) is 32.1 Å². The molecule has 0 aromatic heterocycles. The summed E-state index contributed by atoms with van der Waals surface area (Å²) >= 11 is 0. The van der Waals surface area contributed by atoms with Gasteiger partial charge in [-0.1, -0.05) is 18.2 Å². The first-order valence-corrected chi connectivity index (χ1v) is 10.0. The number of para-hydroxylation sites is 1. The maximum Gasteiger partial charge on any atom is 0.170 e. The van der Waals surface area contributed by atoms with Crippen LogP contribution >= 0.6 is 0 Å². The van der Waals surface area contributed by atoms with Crippen molar-refractivity contribution in [3.63, 3.8) is 0 Å². The molecule has 152 valence electrons. The Morgan fingerprint density at radius 1 is 1.11 bits per heavy atom. The van der Waals surface area contributed by atoms with E-state index in [1.807, 2.05) is 12.1 Å². The van der Waals surface area contributed by atoms with E-state index in [2.05, 4.69) is 11.4 Å². The average molecular weight is 390 g/mol. The van der Waals surface area contributed by atoms with Gasteiger partial charge in [-0.3, -0.25) is 0 Å². The van der Waals surface area contributed by atoms with Gasteiger partial charge in [-0.25, -0.2) is 4.39 Å². The smallest absolute Gasteiger partial charge is 0.170 e. The van der Waals surface area contributed by atoms with E-state index < -0.39 is 0 Å². The lowest BCUT2D eigenvalue weighted by atomic mass is 10.1. The highest BCUT2D eigenvalue weighted by Gasteiger charge is 2.14. The summed E-state index contributed by atoms with van der Waals surface area (Å²) in [5.41, 5.74) is 2.04. The molecule has 0 unspecified atom stereocenters. The van der Waals surface area contributed by atoms with Gasteiger partial charge < -0.3 is 24.4 Å². The number of quaternary nitrogens is 2. The Kier molecular flexibility index (Phi) is 8.08. The van der Waals surface area contributed by atoms with Gasteiger partial charge in [0.2, 0.25) is 0 Å². The van der Waals surface area contributed by atoms with Crippen LogP contribution < -0.4 is 19.7 Å². The molecule has 2 aromatic rings. The Hall–Kier alpha value is -2.15. The molecule has 1 aliphatic rings. The number of methoxy groups -OCH3 is 1. The van der Waals surface area contributed by atoms with Crippen molar-refractivity contribution >= 4 is 0 Å². The summed E-state index contributed by atoms with van der Waals surface area (Å²) in [5, 5.41) is 2.32. The zero-order chi connectivity index (χ0) is 19.6. The summed E-state index contributed by atoms with van der Waals surface area (Å²) in [6.07, 6.45) is 1.19. The summed E-state index contributed by atoms with van der Waals surface area (Å²) in [6.45, 7) is 7.52. The first-order chi connectivity index (χ1) is 13.8. The highest BCUT2D eigenvalue weighted by Crippen LogP contribution is 2.31. The first kappa shape index (κ1) is 20.6. The van der Waals surface area contributed by atoms with Crippen molar-refractivity contribution in [1.82, 2.24) is 0 Å². The molecule has 1 aliphatic heterocycles. The van der Waals surface area contributed by atoms with Crippen molar-refractivity contribution in [2.75, 3.05) is 46.5 Å². The number of rotatable bonds is 10. The van der Waals surface area contributed by atoms with E-state index in [1.54, 1.807) is 24.1 Å². The molecule has 0 aliphatic carbocycles. The summed E-state index contributed by atoms with van der Waals surface area (Å²) in [7, 11) is 1.65. The molecule has 1 saturated heterocycles. The van der Waals surface area contributed by atoms with Gasteiger partial charge in [-0.05, 0) is 29.8 Å². The molecule has 5 nitrogen and oxygen atoms in total.